The van der Waals surface area contributed by atoms with Gasteiger partial charge in [-0.3, -0.25) is 14.6 Å². The van der Waals surface area contributed by atoms with Crippen molar-refractivity contribution >= 4 is 5.97 Å². The van der Waals surface area contributed by atoms with Gasteiger partial charge >= 0.3 is 5.97 Å². The zero-order chi connectivity index (χ0) is 12.3. The molecule has 4 nitrogen and oxygen atoms in total. The van der Waals surface area contributed by atoms with E-state index in [1.165, 1.54) is 7.11 Å². The molecule has 0 aliphatic carbocycles. The first-order valence-electron chi connectivity index (χ1n) is 5.93. The average molecular weight is 228 g/mol. The molecule has 0 aromatic carbocycles. The molecule has 0 bridgehead atoms. The van der Waals surface area contributed by atoms with Gasteiger partial charge in [0.15, 0.2) is 0 Å². The average Bonchev–Trinajstić information content (AvgIpc) is 2.26. The molecule has 0 radical (unpaired) electrons. The minimum Gasteiger partial charge on any atom is -0.468 e. The second-order valence-electron chi connectivity index (χ2n) is 5.39. The molecule has 4 heteroatoms. The number of hydrogen-bond acceptors (Lipinski definition) is 4. The lowest BCUT2D eigenvalue weighted by molar-refractivity contribution is -0.147. The molecule has 0 aromatic heterocycles. The second kappa shape index (κ2) is 5.15. The molecule has 1 fully saturated rings. The van der Waals surface area contributed by atoms with E-state index in [4.69, 9.17) is 4.74 Å². The van der Waals surface area contributed by atoms with Crippen LogP contribution >= 0.6 is 0 Å². The molecule has 0 saturated carbocycles. The van der Waals surface area contributed by atoms with E-state index in [1.54, 1.807) is 0 Å². The number of esters is 1. The van der Waals surface area contributed by atoms with Gasteiger partial charge in [0.25, 0.3) is 0 Å². The standard InChI is InChI=1S/C12H24N2O2/c1-10(11(15)16-5)13-6-8-14(9-7-13)12(2,3)4/h10H,6-9H2,1-5H3. The fraction of sp³-hybridized carbons (Fsp3) is 0.917. The quantitative estimate of drug-likeness (QED) is 0.659. The molecule has 1 aliphatic rings. The number of piperazine rings is 1. The van der Waals surface area contributed by atoms with Gasteiger partial charge in [-0.15, -0.1) is 0 Å². The van der Waals surface area contributed by atoms with Crippen molar-refractivity contribution in [3.05, 3.63) is 0 Å². The highest BCUT2D eigenvalue weighted by molar-refractivity contribution is 5.75. The van der Waals surface area contributed by atoms with Gasteiger partial charge in [-0.2, -0.15) is 0 Å². The number of hydrogen-bond donors (Lipinski definition) is 0. The summed E-state index contributed by atoms with van der Waals surface area (Å²) < 4.78 is 4.77. The molecule has 1 rings (SSSR count). The van der Waals surface area contributed by atoms with E-state index >= 15 is 0 Å². The van der Waals surface area contributed by atoms with Gasteiger partial charge in [-0.05, 0) is 27.7 Å². The second-order valence-corrected chi connectivity index (χ2v) is 5.39. The van der Waals surface area contributed by atoms with Crippen molar-refractivity contribution in [2.75, 3.05) is 33.3 Å². The summed E-state index contributed by atoms with van der Waals surface area (Å²) in [6.45, 7) is 12.5. The molecule has 1 aliphatic heterocycles. The maximum Gasteiger partial charge on any atom is 0.322 e. The van der Waals surface area contributed by atoms with Crippen LogP contribution in [0.3, 0.4) is 0 Å². The molecule has 1 saturated heterocycles. The summed E-state index contributed by atoms with van der Waals surface area (Å²) in [4.78, 5) is 16.1. The largest absolute Gasteiger partial charge is 0.468 e. The van der Waals surface area contributed by atoms with E-state index < -0.39 is 0 Å². The Morgan fingerprint density at radius 1 is 1.19 bits per heavy atom. The van der Waals surface area contributed by atoms with Gasteiger partial charge in [0, 0.05) is 31.7 Å². The molecule has 94 valence electrons. The summed E-state index contributed by atoms with van der Waals surface area (Å²) in [6, 6.07) is -0.118. The molecule has 1 unspecified atom stereocenters. The van der Waals surface area contributed by atoms with E-state index in [0.29, 0.717) is 0 Å². The third kappa shape index (κ3) is 3.19. The van der Waals surface area contributed by atoms with Crippen LogP contribution < -0.4 is 0 Å². The van der Waals surface area contributed by atoms with Crippen molar-refractivity contribution in [3.8, 4) is 0 Å². The SMILES string of the molecule is COC(=O)C(C)N1CCN(C(C)(C)C)CC1. The molecule has 1 atom stereocenters. The first-order chi connectivity index (χ1) is 7.36. The van der Waals surface area contributed by atoms with E-state index in [-0.39, 0.29) is 17.6 Å². The summed E-state index contributed by atoms with van der Waals surface area (Å²) in [5, 5.41) is 0. The topological polar surface area (TPSA) is 32.8 Å². The van der Waals surface area contributed by atoms with Gasteiger partial charge in [-0.1, -0.05) is 0 Å². The highest BCUT2D eigenvalue weighted by Crippen LogP contribution is 2.17. The molecule has 1 heterocycles. The van der Waals surface area contributed by atoms with Crippen molar-refractivity contribution in [2.45, 2.75) is 39.3 Å². The van der Waals surface area contributed by atoms with Crippen LogP contribution in [0.2, 0.25) is 0 Å². The summed E-state index contributed by atoms with van der Waals surface area (Å²) in [5.41, 5.74) is 0.223. The van der Waals surface area contributed by atoms with E-state index in [0.717, 1.165) is 26.2 Å². The Labute approximate surface area is 98.5 Å². The Morgan fingerprint density at radius 2 is 1.69 bits per heavy atom. The Hall–Kier alpha value is -0.610. The number of methoxy groups -OCH3 is 1. The van der Waals surface area contributed by atoms with E-state index in [2.05, 4.69) is 30.6 Å². The fourth-order valence-corrected chi connectivity index (χ4v) is 2.10. The third-order valence-corrected chi connectivity index (χ3v) is 3.35. The van der Waals surface area contributed by atoms with Crippen LogP contribution in [-0.4, -0.2) is 60.6 Å². The van der Waals surface area contributed by atoms with Crippen molar-refractivity contribution in [1.82, 2.24) is 9.80 Å². The Morgan fingerprint density at radius 3 is 2.06 bits per heavy atom. The van der Waals surface area contributed by atoms with Crippen LogP contribution in [0.25, 0.3) is 0 Å². The summed E-state index contributed by atoms with van der Waals surface area (Å²) in [7, 11) is 1.45. The summed E-state index contributed by atoms with van der Waals surface area (Å²) in [6.07, 6.45) is 0. The van der Waals surface area contributed by atoms with Crippen LogP contribution in [-0.2, 0) is 9.53 Å². The zero-order valence-electron chi connectivity index (χ0n) is 11.1. The van der Waals surface area contributed by atoms with Gasteiger partial charge < -0.3 is 4.74 Å². The molecular formula is C12H24N2O2. The molecule has 0 amide bonds. The lowest BCUT2D eigenvalue weighted by Crippen LogP contribution is -2.56. The van der Waals surface area contributed by atoms with Gasteiger partial charge in [0.1, 0.15) is 6.04 Å². The maximum absolute atomic E-state index is 11.4. The smallest absolute Gasteiger partial charge is 0.322 e. The Balaban J connectivity index is 2.46. The predicted molar refractivity (Wildman–Crippen MR) is 64.4 cm³/mol. The lowest BCUT2D eigenvalue weighted by atomic mass is 10.0. The van der Waals surface area contributed by atoms with Crippen molar-refractivity contribution in [1.29, 1.82) is 0 Å². The fourth-order valence-electron chi connectivity index (χ4n) is 2.10. The van der Waals surface area contributed by atoms with Crippen molar-refractivity contribution < 1.29 is 9.53 Å². The van der Waals surface area contributed by atoms with Crippen LogP contribution in [0.15, 0.2) is 0 Å². The van der Waals surface area contributed by atoms with Gasteiger partial charge in [-0.25, -0.2) is 0 Å². The first-order valence-corrected chi connectivity index (χ1v) is 5.93. The third-order valence-electron chi connectivity index (χ3n) is 3.35. The van der Waals surface area contributed by atoms with E-state index in [1.807, 2.05) is 6.92 Å². The van der Waals surface area contributed by atoms with Crippen LogP contribution in [0.4, 0.5) is 0 Å². The predicted octanol–water partition coefficient (Wildman–Crippen LogP) is 0.964. The number of ether oxygens (including phenoxy) is 1. The number of rotatable bonds is 2. The summed E-state index contributed by atoms with van der Waals surface area (Å²) in [5.74, 6) is -0.135. The lowest BCUT2D eigenvalue weighted by Gasteiger charge is -2.43. The van der Waals surface area contributed by atoms with Crippen molar-refractivity contribution in [3.63, 3.8) is 0 Å². The molecule has 0 N–H and O–H groups in total. The minimum absolute atomic E-state index is 0.118. The minimum atomic E-state index is -0.135. The van der Waals surface area contributed by atoms with Gasteiger partial charge in [0.2, 0.25) is 0 Å². The maximum atomic E-state index is 11.4. The number of carbonyl (C=O) groups excluding carboxylic acids is 1. The first kappa shape index (κ1) is 13.5. The molecule has 0 spiro atoms. The normalized spacial score (nSPS) is 21.8. The van der Waals surface area contributed by atoms with E-state index in [9.17, 15) is 4.79 Å². The van der Waals surface area contributed by atoms with Crippen LogP contribution in [0.1, 0.15) is 27.7 Å². The van der Waals surface area contributed by atoms with Gasteiger partial charge in [0.05, 0.1) is 7.11 Å². The summed E-state index contributed by atoms with van der Waals surface area (Å²) >= 11 is 0. The zero-order valence-corrected chi connectivity index (χ0v) is 11.1. The molecular weight excluding hydrogens is 204 g/mol. The molecule has 0 aromatic rings. The Bertz CT molecular complexity index is 240. The highest BCUT2D eigenvalue weighted by Gasteiger charge is 2.30. The van der Waals surface area contributed by atoms with Crippen molar-refractivity contribution in [2.24, 2.45) is 0 Å². The number of carbonyl (C=O) groups is 1. The monoisotopic (exact) mass is 228 g/mol. The highest BCUT2D eigenvalue weighted by atomic mass is 16.5. The van der Waals surface area contributed by atoms with Crippen LogP contribution in [0, 0.1) is 0 Å². The van der Waals surface area contributed by atoms with Crippen LogP contribution in [0.5, 0.6) is 0 Å². The number of nitrogens with zero attached hydrogens (tertiary/aromatic N) is 2. The Kier molecular flexibility index (Phi) is 4.33. The molecule has 16 heavy (non-hydrogen) atoms.